The van der Waals surface area contributed by atoms with Crippen LogP contribution in [0.1, 0.15) is 26.7 Å². The molecule has 1 N–H and O–H groups in total. The molecule has 6 nitrogen and oxygen atoms in total. The quantitative estimate of drug-likeness (QED) is 0.630. The van der Waals surface area contributed by atoms with Gasteiger partial charge >= 0.3 is 0 Å². The molecule has 1 saturated carbocycles. The van der Waals surface area contributed by atoms with Crippen LogP contribution < -0.4 is 4.72 Å². The van der Waals surface area contributed by atoms with E-state index in [9.17, 15) is 22.8 Å². The standard InChI is InChI=1S/C15H16ClNO5S.Na/c1-15(2)7-11(18)13(12(19)8-15)14(20)17-23(21,22)10-5-3-9(16)4-6-10;/h3-6,13H,7-8H2,1-2H3,(H,17,20);. The van der Waals surface area contributed by atoms with Crippen LogP contribution in [-0.2, 0) is 24.4 Å². The first kappa shape index (κ1) is 21.3. The van der Waals surface area contributed by atoms with Crippen molar-refractivity contribution in [2.24, 2.45) is 11.3 Å². The fourth-order valence-electron chi connectivity index (χ4n) is 2.55. The van der Waals surface area contributed by atoms with E-state index in [0.717, 1.165) is 0 Å². The van der Waals surface area contributed by atoms with Crippen molar-refractivity contribution >= 4 is 68.7 Å². The van der Waals surface area contributed by atoms with Gasteiger partial charge in [0.25, 0.3) is 15.9 Å². The predicted molar refractivity (Wildman–Crippen MR) is 89.1 cm³/mol. The number of rotatable bonds is 3. The minimum atomic E-state index is -4.16. The second kappa shape index (κ2) is 7.66. The molecule has 1 aliphatic carbocycles. The van der Waals surface area contributed by atoms with Crippen molar-refractivity contribution in [2.45, 2.75) is 31.6 Å². The van der Waals surface area contributed by atoms with Gasteiger partial charge in [-0.1, -0.05) is 25.4 Å². The van der Waals surface area contributed by atoms with Crippen LogP contribution in [-0.4, -0.2) is 55.4 Å². The van der Waals surface area contributed by atoms with E-state index in [1.807, 2.05) is 0 Å². The summed E-state index contributed by atoms with van der Waals surface area (Å²) < 4.78 is 26.1. The largest absolute Gasteiger partial charge is 0.298 e. The van der Waals surface area contributed by atoms with E-state index < -0.39 is 38.8 Å². The van der Waals surface area contributed by atoms with Crippen LogP contribution in [0.3, 0.4) is 0 Å². The summed E-state index contributed by atoms with van der Waals surface area (Å²) in [5.41, 5.74) is -0.514. The Morgan fingerprint density at radius 2 is 1.58 bits per heavy atom. The Morgan fingerprint density at radius 3 is 2.04 bits per heavy atom. The van der Waals surface area contributed by atoms with Crippen LogP contribution in [0, 0.1) is 11.3 Å². The summed E-state index contributed by atoms with van der Waals surface area (Å²) in [5.74, 6) is -3.79. The van der Waals surface area contributed by atoms with Gasteiger partial charge in [-0.3, -0.25) is 14.4 Å². The molecular weight excluding hydrogens is 365 g/mol. The van der Waals surface area contributed by atoms with Crippen LogP contribution in [0.5, 0.6) is 0 Å². The molecule has 1 fully saturated rings. The summed E-state index contributed by atoms with van der Waals surface area (Å²) in [7, 11) is -4.16. The van der Waals surface area contributed by atoms with Gasteiger partial charge in [0.2, 0.25) is 0 Å². The second-order valence-electron chi connectivity index (χ2n) is 6.31. The summed E-state index contributed by atoms with van der Waals surface area (Å²) in [5, 5.41) is 0.343. The van der Waals surface area contributed by atoms with E-state index in [1.165, 1.54) is 24.3 Å². The Labute approximate surface area is 167 Å². The van der Waals surface area contributed by atoms with Crippen molar-refractivity contribution in [1.82, 2.24) is 4.72 Å². The van der Waals surface area contributed by atoms with Crippen molar-refractivity contribution in [3.8, 4) is 0 Å². The zero-order valence-electron chi connectivity index (χ0n) is 13.6. The minimum Gasteiger partial charge on any atom is -0.298 e. The number of ketones is 2. The molecule has 1 amide bonds. The third-order valence-corrected chi connectivity index (χ3v) is 5.19. The molecule has 24 heavy (non-hydrogen) atoms. The first-order chi connectivity index (χ1) is 10.5. The number of nitrogens with one attached hydrogen (secondary N) is 1. The number of sulfonamides is 1. The molecule has 0 atom stereocenters. The molecule has 1 aromatic rings. The maximum Gasteiger partial charge on any atom is 0.264 e. The summed E-state index contributed by atoms with van der Waals surface area (Å²) in [6.45, 7) is 3.50. The first-order valence-corrected chi connectivity index (χ1v) is 8.76. The number of carbonyl (C=O) groups is 3. The maximum atomic E-state index is 12.1. The van der Waals surface area contributed by atoms with E-state index in [2.05, 4.69) is 0 Å². The van der Waals surface area contributed by atoms with Crippen LogP contribution in [0.4, 0.5) is 0 Å². The number of amides is 1. The average molecular weight is 381 g/mol. The topological polar surface area (TPSA) is 97.4 Å². The zero-order chi connectivity index (χ0) is 17.4. The molecule has 1 radical (unpaired) electrons. The maximum absolute atomic E-state index is 12.1. The minimum absolute atomic E-state index is 0. The van der Waals surface area contributed by atoms with Gasteiger partial charge in [0.15, 0.2) is 17.5 Å². The number of carbonyl (C=O) groups excluding carboxylic acids is 3. The fourth-order valence-corrected chi connectivity index (χ4v) is 3.67. The van der Waals surface area contributed by atoms with Gasteiger partial charge < -0.3 is 0 Å². The number of Topliss-reactive ketones (excluding diaryl/α,β-unsaturated/α-hetero) is 2. The van der Waals surface area contributed by atoms with Crippen LogP contribution in [0.25, 0.3) is 0 Å². The van der Waals surface area contributed by atoms with Crippen LogP contribution >= 0.6 is 11.6 Å². The second-order valence-corrected chi connectivity index (χ2v) is 8.43. The molecule has 0 saturated heterocycles. The van der Waals surface area contributed by atoms with E-state index >= 15 is 0 Å². The number of benzene rings is 1. The normalized spacial score (nSPS) is 18.0. The average Bonchev–Trinajstić information content (AvgIpc) is 2.35. The summed E-state index contributed by atoms with van der Waals surface area (Å²) in [6, 6.07) is 5.18. The number of hydrogen-bond donors (Lipinski definition) is 1. The molecule has 2 rings (SSSR count). The van der Waals surface area contributed by atoms with Crippen molar-refractivity contribution in [2.75, 3.05) is 0 Å². The van der Waals surface area contributed by atoms with E-state index in [1.54, 1.807) is 18.6 Å². The molecule has 0 spiro atoms. The van der Waals surface area contributed by atoms with Crippen molar-refractivity contribution in [3.05, 3.63) is 29.3 Å². The van der Waals surface area contributed by atoms with Crippen LogP contribution in [0.2, 0.25) is 5.02 Å². The molecule has 0 bridgehead atoms. The smallest absolute Gasteiger partial charge is 0.264 e. The molecule has 0 aliphatic heterocycles. The molecule has 0 unspecified atom stereocenters. The molecule has 1 aromatic carbocycles. The monoisotopic (exact) mass is 380 g/mol. The molecule has 0 aromatic heterocycles. The Kier molecular flexibility index (Phi) is 6.80. The van der Waals surface area contributed by atoms with E-state index in [0.29, 0.717) is 5.02 Å². The van der Waals surface area contributed by atoms with Crippen molar-refractivity contribution in [1.29, 1.82) is 0 Å². The number of halogens is 1. The molecule has 9 heteroatoms. The van der Waals surface area contributed by atoms with Gasteiger partial charge in [0.05, 0.1) is 4.90 Å². The third kappa shape index (κ3) is 4.89. The molecule has 1 aliphatic rings. The van der Waals surface area contributed by atoms with Gasteiger partial charge in [0.1, 0.15) is 0 Å². The SMILES string of the molecule is CC1(C)CC(=O)C(C(=O)NS(=O)(=O)c2ccc(Cl)cc2)C(=O)C1.[Na]. The Bertz CT molecular complexity index is 754. The zero-order valence-corrected chi connectivity index (χ0v) is 17.2. The summed E-state index contributed by atoms with van der Waals surface area (Å²) in [6.07, 6.45) is 0.107. The van der Waals surface area contributed by atoms with E-state index in [-0.39, 0.29) is 47.3 Å². The summed E-state index contributed by atoms with van der Waals surface area (Å²) in [4.78, 5) is 36.0. The van der Waals surface area contributed by atoms with E-state index in [4.69, 9.17) is 11.6 Å². The van der Waals surface area contributed by atoms with Crippen molar-refractivity contribution in [3.63, 3.8) is 0 Å². The van der Waals surface area contributed by atoms with Gasteiger partial charge in [0, 0.05) is 47.4 Å². The van der Waals surface area contributed by atoms with Crippen LogP contribution in [0.15, 0.2) is 29.2 Å². The Morgan fingerprint density at radius 1 is 1.12 bits per heavy atom. The van der Waals surface area contributed by atoms with Crippen molar-refractivity contribution < 1.29 is 22.8 Å². The first-order valence-electron chi connectivity index (χ1n) is 6.89. The number of hydrogen-bond acceptors (Lipinski definition) is 5. The Balaban J connectivity index is 0.00000288. The van der Waals surface area contributed by atoms with Gasteiger partial charge in [-0.2, -0.15) is 0 Å². The van der Waals surface area contributed by atoms with Gasteiger partial charge in [-0.25, -0.2) is 13.1 Å². The summed E-state index contributed by atoms with van der Waals surface area (Å²) >= 11 is 5.68. The van der Waals surface area contributed by atoms with Gasteiger partial charge in [-0.15, -0.1) is 0 Å². The molecular formula is C15H16ClNNaO5S. The predicted octanol–water partition coefficient (Wildman–Crippen LogP) is 1.34. The molecule has 0 heterocycles. The molecule has 125 valence electrons. The Hall–Kier alpha value is -0.730. The third-order valence-electron chi connectivity index (χ3n) is 3.57. The fraction of sp³-hybridized carbons (Fsp3) is 0.400. The van der Waals surface area contributed by atoms with Gasteiger partial charge in [-0.05, 0) is 29.7 Å².